The van der Waals surface area contributed by atoms with E-state index < -0.39 is 0 Å². The number of nitrogens with one attached hydrogen (secondary N) is 2. The molecule has 0 aromatic heterocycles. The molecule has 0 saturated heterocycles. The average Bonchev–Trinajstić information content (AvgIpc) is 2.96. The number of hydrogen-bond acceptors (Lipinski definition) is 3. The predicted molar refractivity (Wildman–Crippen MR) is 57.0 cm³/mol. The molecule has 2 unspecified atom stereocenters. The predicted octanol–water partition coefficient (Wildman–Crippen LogP) is -0.635. The van der Waals surface area contributed by atoms with Gasteiger partial charge in [0.1, 0.15) is 0 Å². The summed E-state index contributed by atoms with van der Waals surface area (Å²) >= 11 is 0. The highest BCUT2D eigenvalue weighted by molar-refractivity contribution is 5.86. The number of amides is 2. The number of carbonyl (C=O) groups excluding carboxylic acids is 2. The van der Waals surface area contributed by atoms with Crippen LogP contribution in [0, 0.1) is 5.92 Å². The summed E-state index contributed by atoms with van der Waals surface area (Å²) in [5, 5.41) is 5.36. The van der Waals surface area contributed by atoms with Gasteiger partial charge >= 0.3 is 0 Å². The molecule has 5 nitrogen and oxygen atoms in total. The lowest BCUT2D eigenvalue weighted by molar-refractivity contribution is -0.128. The van der Waals surface area contributed by atoms with Crippen LogP contribution in [0.3, 0.4) is 0 Å². The highest BCUT2D eigenvalue weighted by atomic mass is 16.2. The van der Waals surface area contributed by atoms with Crippen molar-refractivity contribution in [1.29, 1.82) is 0 Å². The van der Waals surface area contributed by atoms with Gasteiger partial charge in [-0.15, -0.1) is 0 Å². The van der Waals surface area contributed by atoms with E-state index in [2.05, 4.69) is 10.6 Å². The van der Waals surface area contributed by atoms with Crippen molar-refractivity contribution in [3.05, 3.63) is 0 Å². The first-order valence-corrected chi connectivity index (χ1v) is 5.33. The second-order valence-electron chi connectivity index (χ2n) is 4.21. The second kappa shape index (κ2) is 5.11. The van der Waals surface area contributed by atoms with E-state index >= 15 is 0 Å². The van der Waals surface area contributed by atoms with Crippen LogP contribution in [0.1, 0.15) is 26.7 Å². The molecule has 15 heavy (non-hydrogen) atoms. The molecule has 1 aliphatic rings. The van der Waals surface area contributed by atoms with E-state index in [0.717, 1.165) is 12.8 Å². The maximum atomic E-state index is 11.4. The van der Waals surface area contributed by atoms with Crippen molar-refractivity contribution < 1.29 is 9.59 Å². The molecule has 0 heterocycles. The van der Waals surface area contributed by atoms with Crippen molar-refractivity contribution >= 4 is 11.8 Å². The van der Waals surface area contributed by atoms with Gasteiger partial charge in [0.05, 0.1) is 6.54 Å². The van der Waals surface area contributed by atoms with Crippen molar-refractivity contribution in [1.82, 2.24) is 10.6 Å². The van der Waals surface area contributed by atoms with Gasteiger partial charge in [-0.2, -0.15) is 0 Å². The molecular weight excluding hydrogens is 194 g/mol. The Balaban J connectivity index is 2.17. The molecule has 1 rings (SSSR count). The molecular formula is C10H19N3O2. The Labute approximate surface area is 89.8 Å². The van der Waals surface area contributed by atoms with E-state index in [1.54, 1.807) is 13.8 Å². The summed E-state index contributed by atoms with van der Waals surface area (Å²) in [6.07, 6.45) is 2.10. The van der Waals surface area contributed by atoms with Gasteiger partial charge in [-0.1, -0.05) is 6.92 Å². The van der Waals surface area contributed by atoms with Crippen molar-refractivity contribution in [3.63, 3.8) is 0 Å². The molecule has 2 atom stereocenters. The van der Waals surface area contributed by atoms with Crippen LogP contribution in [0.15, 0.2) is 0 Å². The molecule has 5 heteroatoms. The van der Waals surface area contributed by atoms with Gasteiger partial charge in [-0.3, -0.25) is 9.59 Å². The zero-order valence-corrected chi connectivity index (χ0v) is 9.25. The van der Waals surface area contributed by atoms with Gasteiger partial charge in [0.25, 0.3) is 0 Å². The minimum Gasteiger partial charge on any atom is -0.352 e. The Morgan fingerprint density at radius 1 is 1.40 bits per heavy atom. The largest absolute Gasteiger partial charge is 0.352 e. The quantitative estimate of drug-likeness (QED) is 0.568. The molecule has 1 aliphatic carbocycles. The smallest absolute Gasteiger partial charge is 0.239 e. The topological polar surface area (TPSA) is 84.2 Å². The number of hydrogen-bond donors (Lipinski definition) is 3. The monoisotopic (exact) mass is 213 g/mol. The van der Waals surface area contributed by atoms with Gasteiger partial charge < -0.3 is 16.4 Å². The summed E-state index contributed by atoms with van der Waals surface area (Å²) in [5.74, 6) is -0.558. The Hall–Kier alpha value is -1.10. The molecule has 1 fully saturated rings. The first-order chi connectivity index (χ1) is 7.00. The second-order valence-corrected chi connectivity index (χ2v) is 4.21. The maximum Gasteiger partial charge on any atom is 0.239 e. The minimum absolute atomic E-state index is 0.0480. The first kappa shape index (κ1) is 12.0. The molecule has 86 valence electrons. The number of rotatable bonds is 5. The molecule has 0 bridgehead atoms. The molecule has 2 amide bonds. The van der Waals surface area contributed by atoms with Crippen molar-refractivity contribution in [3.8, 4) is 0 Å². The van der Waals surface area contributed by atoms with Crippen LogP contribution < -0.4 is 16.4 Å². The van der Waals surface area contributed by atoms with E-state index in [4.69, 9.17) is 5.73 Å². The fourth-order valence-corrected chi connectivity index (χ4v) is 1.07. The van der Waals surface area contributed by atoms with Crippen LogP contribution >= 0.6 is 0 Å². The van der Waals surface area contributed by atoms with E-state index in [1.807, 2.05) is 0 Å². The summed E-state index contributed by atoms with van der Waals surface area (Å²) < 4.78 is 0. The summed E-state index contributed by atoms with van der Waals surface area (Å²) in [6, 6.07) is 0.136. The van der Waals surface area contributed by atoms with Crippen LogP contribution in [-0.4, -0.2) is 30.4 Å². The number of carbonyl (C=O) groups is 2. The third kappa shape index (κ3) is 4.29. The minimum atomic E-state index is -0.265. The van der Waals surface area contributed by atoms with Gasteiger partial charge in [0, 0.05) is 18.0 Å². The third-order valence-electron chi connectivity index (χ3n) is 2.57. The van der Waals surface area contributed by atoms with Gasteiger partial charge in [-0.25, -0.2) is 0 Å². The lowest BCUT2D eigenvalue weighted by atomic mass is 10.0. The van der Waals surface area contributed by atoms with Gasteiger partial charge in [0.15, 0.2) is 0 Å². The highest BCUT2D eigenvalue weighted by Crippen LogP contribution is 2.18. The molecule has 0 aromatic rings. The maximum absolute atomic E-state index is 11.4. The van der Waals surface area contributed by atoms with E-state index in [1.165, 1.54) is 0 Å². The summed E-state index contributed by atoms with van der Waals surface area (Å²) in [7, 11) is 0. The summed E-state index contributed by atoms with van der Waals surface area (Å²) in [6.45, 7) is 3.57. The molecule has 4 N–H and O–H groups in total. The molecule has 0 spiro atoms. The van der Waals surface area contributed by atoms with Crippen molar-refractivity contribution in [2.24, 2.45) is 11.7 Å². The van der Waals surface area contributed by atoms with E-state index in [-0.39, 0.29) is 30.3 Å². The number of nitrogens with two attached hydrogens (primary N) is 1. The Morgan fingerprint density at radius 2 is 2.00 bits per heavy atom. The fraction of sp³-hybridized carbons (Fsp3) is 0.800. The average molecular weight is 213 g/mol. The van der Waals surface area contributed by atoms with Gasteiger partial charge in [-0.05, 0) is 19.8 Å². The van der Waals surface area contributed by atoms with Crippen molar-refractivity contribution in [2.75, 3.05) is 6.54 Å². The molecule has 0 radical (unpaired) electrons. The lowest BCUT2D eigenvalue weighted by Gasteiger charge is -2.14. The van der Waals surface area contributed by atoms with E-state index in [9.17, 15) is 9.59 Å². The lowest BCUT2D eigenvalue weighted by Crippen LogP contribution is -2.43. The molecule has 0 aliphatic heterocycles. The highest BCUT2D eigenvalue weighted by Gasteiger charge is 2.23. The van der Waals surface area contributed by atoms with Crippen LogP contribution in [-0.2, 0) is 9.59 Å². The van der Waals surface area contributed by atoms with Crippen molar-refractivity contribution in [2.45, 2.75) is 38.8 Å². The molecule has 1 saturated carbocycles. The summed E-state index contributed by atoms with van der Waals surface area (Å²) in [5.41, 5.74) is 5.57. The van der Waals surface area contributed by atoms with Crippen LogP contribution in [0.4, 0.5) is 0 Å². The Kier molecular flexibility index (Phi) is 4.08. The van der Waals surface area contributed by atoms with Gasteiger partial charge in [0.2, 0.25) is 11.8 Å². The first-order valence-electron chi connectivity index (χ1n) is 5.33. The Morgan fingerprint density at radius 3 is 2.47 bits per heavy atom. The zero-order valence-electron chi connectivity index (χ0n) is 9.25. The summed E-state index contributed by atoms with van der Waals surface area (Å²) in [4.78, 5) is 22.7. The standard InChI is InChI=1S/C10H19N3O2/c1-6(7(2)11)10(15)12-5-9(14)13-8-3-4-8/h6-8H,3-5,11H2,1-2H3,(H,12,15)(H,13,14). The van der Waals surface area contributed by atoms with Crippen LogP contribution in [0.25, 0.3) is 0 Å². The van der Waals surface area contributed by atoms with Crippen LogP contribution in [0.2, 0.25) is 0 Å². The third-order valence-corrected chi connectivity index (χ3v) is 2.57. The Bertz CT molecular complexity index is 249. The fourth-order valence-electron chi connectivity index (χ4n) is 1.07. The van der Waals surface area contributed by atoms with E-state index in [0.29, 0.717) is 6.04 Å². The van der Waals surface area contributed by atoms with Crippen LogP contribution in [0.5, 0.6) is 0 Å². The SMILES string of the molecule is CC(N)C(C)C(=O)NCC(=O)NC1CC1. The molecule has 0 aromatic carbocycles. The zero-order chi connectivity index (χ0) is 11.4. The normalized spacial score (nSPS) is 19.1.